The van der Waals surface area contributed by atoms with Crippen LogP contribution in [0.25, 0.3) is 0 Å². The van der Waals surface area contributed by atoms with E-state index in [1.54, 1.807) is 54.7 Å². The maximum Gasteiger partial charge on any atom is 0.255 e. The second-order valence-electron chi connectivity index (χ2n) is 6.41. The van der Waals surface area contributed by atoms with Gasteiger partial charge in [-0.1, -0.05) is 12.1 Å². The molecule has 1 saturated heterocycles. The van der Waals surface area contributed by atoms with E-state index in [2.05, 4.69) is 5.32 Å². The van der Waals surface area contributed by atoms with Gasteiger partial charge in [-0.15, -0.1) is 0 Å². The fourth-order valence-corrected chi connectivity index (χ4v) is 3.77. The SMILES string of the molecule is COc1cc(NC(=O)c2cccc(CS(C)=O)c2)ccc1N1CCCC1=O. The van der Waals surface area contributed by atoms with Crippen molar-refractivity contribution in [3.05, 3.63) is 53.6 Å². The predicted molar refractivity (Wildman–Crippen MR) is 107 cm³/mol. The third-order valence-electron chi connectivity index (χ3n) is 4.36. The monoisotopic (exact) mass is 386 g/mol. The Morgan fingerprint density at radius 2 is 2.07 bits per heavy atom. The number of hydrogen-bond donors (Lipinski definition) is 1. The first kappa shape index (κ1) is 19.1. The summed E-state index contributed by atoms with van der Waals surface area (Å²) in [6, 6.07) is 12.3. The number of methoxy groups -OCH3 is 1. The number of benzene rings is 2. The molecule has 1 heterocycles. The van der Waals surface area contributed by atoms with Crippen molar-refractivity contribution < 1.29 is 18.5 Å². The van der Waals surface area contributed by atoms with Crippen LogP contribution in [0.15, 0.2) is 42.5 Å². The van der Waals surface area contributed by atoms with Crippen molar-refractivity contribution in [2.24, 2.45) is 0 Å². The van der Waals surface area contributed by atoms with Crippen LogP contribution in [0, 0.1) is 0 Å². The lowest BCUT2D eigenvalue weighted by Gasteiger charge is -2.19. The lowest BCUT2D eigenvalue weighted by molar-refractivity contribution is -0.117. The van der Waals surface area contributed by atoms with Crippen LogP contribution in [0.3, 0.4) is 0 Å². The van der Waals surface area contributed by atoms with E-state index in [1.165, 1.54) is 0 Å². The van der Waals surface area contributed by atoms with E-state index in [4.69, 9.17) is 4.74 Å². The molecule has 0 aliphatic carbocycles. The van der Waals surface area contributed by atoms with Crippen LogP contribution in [-0.4, -0.2) is 35.9 Å². The average Bonchev–Trinajstić information content (AvgIpc) is 3.07. The van der Waals surface area contributed by atoms with Gasteiger partial charge in [-0.25, -0.2) is 0 Å². The summed E-state index contributed by atoms with van der Waals surface area (Å²) in [5.74, 6) is 0.771. The normalized spacial score (nSPS) is 14.9. The Hall–Kier alpha value is -2.67. The maximum atomic E-state index is 12.6. The summed E-state index contributed by atoms with van der Waals surface area (Å²) < 4.78 is 16.8. The minimum Gasteiger partial charge on any atom is -0.494 e. The number of nitrogens with zero attached hydrogens (tertiary/aromatic N) is 1. The maximum absolute atomic E-state index is 12.6. The van der Waals surface area contributed by atoms with Crippen molar-refractivity contribution in [3.8, 4) is 5.75 Å². The van der Waals surface area contributed by atoms with Crippen LogP contribution < -0.4 is 15.0 Å². The van der Waals surface area contributed by atoms with E-state index in [0.29, 0.717) is 41.4 Å². The first-order chi connectivity index (χ1) is 13.0. The van der Waals surface area contributed by atoms with Gasteiger partial charge in [0.25, 0.3) is 5.91 Å². The molecule has 2 aromatic carbocycles. The third-order valence-corrected chi connectivity index (χ3v) is 5.10. The summed E-state index contributed by atoms with van der Waals surface area (Å²) in [5.41, 5.74) is 2.64. The van der Waals surface area contributed by atoms with Crippen molar-refractivity contribution in [2.45, 2.75) is 18.6 Å². The van der Waals surface area contributed by atoms with Crippen molar-refractivity contribution >= 4 is 34.0 Å². The van der Waals surface area contributed by atoms with E-state index in [9.17, 15) is 13.8 Å². The molecule has 0 bridgehead atoms. The molecule has 7 heteroatoms. The Morgan fingerprint density at radius 3 is 2.74 bits per heavy atom. The summed E-state index contributed by atoms with van der Waals surface area (Å²) in [5, 5.41) is 2.84. The smallest absolute Gasteiger partial charge is 0.255 e. The largest absolute Gasteiger partial charge is 0.494 e. The van der Waals surface area contributed by atoms with Crippen LogP contribution >= 0.6 is 0 Å². The number of carbonyl (C=O) groups is 2. The zero-order valence-electron chi connectivity index (χ0n) is 15.4. The number of hydrogen-bond acceptors (Lipinski definition) is 4. The van der Waals surface area contributed by atoms with Gasteiger partial charge >= 0.3 is 0 Å². The highest BCUT2D eigenvalue weighted by atomic mass is 32.2. The molecule has 0 saturated carbocycles. The number of ether oxygens (including phenoxy) is 1. The molecular weight excluding hydrogens is 364 g/mol. The molecule has 0 aromatic heterocycles. The molecule has 1 unspecified atom stereocenters. The zero-order valence-corrected chi connectivity index (χ0v) is 16.2. The molecule has 3 rings (SSSR count). The summed E-state index contributed by atoms with van der Waals surface area (Å²) in [4.78, 5) is 26.2. The van der Waals surface area contributed by atoms with Crippen LogP contribution in [0.2, 0.25) is 0 Å². The molecule has 2 aromatic rings. The van der Waals surface area contributed by atoms with Crippen LogP contribution in [0.4, 0.5) is 11.4 Å². The van der Waals surface area contributed by atoms with Gasteiger partial charge in [-0.2, -0.15) is 0 Å². The quantitative estimate of drug-likeness (QED) is 0.828. The highest BCUT2D eigenvalue weighted by Crippen LogP contribution is 2.34. The van der Waals surface area contributed by atoms with Gasteiger partial charge in [-0.05, 0) is 36.2 Å². The van der Waals surface area contributed by atoms with E-state index in [1.807, 2.05) is 6.07 Å². The minimum absolute atomic E-state index is 0.0789. The van der Waals surface area contributed by atoms with E-state index >= 15 is 0 Å². The second kappa shape index (κ2) is 8.35. The van der Waals surface area contributed by atoms with Gasteiger partial charge in [0.1, 0.15) is 5.75 Å². The predicted octanol–water partition coefficient (Wildman–Crippen LogP) is 2.95. The summed E-state index contributed by atoms with van der Waals surface area (Å²) in [6.45, 7) is 0.673. The lowest BCUT2D eigenvalue weighted by Crippen LogP contribution is -2.24. The standard InChI is InChI=1S/C20H22N2O4S/c1-26-18-12-16(8-9-17(18)22-10-4-7-19(22)23)21-20(24)15-6-3-5-14(11-15)13-27(2)25/h3,5-6,8-9,11-12H,4,7,10,13H2,1-2H3,(H,21,24). The molecule has 0 radical (unpaired) electrons. The zero-order chi connectivity index (χ0) is 19.4. The Kier molecular flexibility index (Phi) is 5.91. The van der Waals surface area contributed by atoms with Crippen LogP contribution in [-0.2, 0) is 21.3 Å². The number of carbonyl (C=O) groups excluding carboxylic acids is 2. The van der Waals surface area contributed by atoms with E-state index in [0.717, 1.165) is 12.0 Å². The molecule has 142 valence electrons. The first-order valence-electron chi connectivity index (χ1n) is 8.66. The fourth-order valence-electron chi connectivity index (χ4n) is 3.12. The molecule has 1 fully saturated rings. The van der Waals surface area contributed by atoms with Crippen molar-refractivity contribution in [2.75, 3.05) is 30.1 Å². The van der Waals surface area contributed by atoms with Gasteiger partial charge in [0.15, 0.2) is 0 Å². The number of anilines is 2. The Labute approximate surface area is 161 Å². The summed E-state index contributed by atoms with van der Waals surface area (Å²) >= 11 is 0. The Bertz CT molecular complexity index is 897. The second-order valence-corrected chi connectivity index (χ2v) is 7.84. The van der Waals surface area contributed by atoms with E-state index in [-0.39, 0.29) is 11.8 Å². The highest BCUT2D eigenvalue weighted by molar-refractivity contribution is 7.83. The van der Waals surface area contributed by atoms with Gasteiger partial charge in [0, 0.05) is 53.1 Å². The molecule has 6 nitrogen and oxygen atoms in total. The molecular formula is C20H22N2O4S. The van der Waals surface area contributed by atoms with Gasteiger partial charge < -0.3 is 15.0 Å². The minimum atomic E-state index is -0.968. The molecule has 1 aliphatic rings. The first-order valence-corrected chi connectivity index (χ1v) is 10.4. The summed E-state index contributed by atoms with van der Waals surface area (Å²) in [6.07, 6.45) is 3.01. The van der Waals surface area contributed by atoms with Gasteiger partial charge in [-0.3, -0.25) is 13.8 Å². The fraction of sp³-hybridized carbons (Fsp3) is 0.300. The van der Waals surface area contributed by atoms with Crippen LogP contribution in [0.5, 0.6) is 5.75 Å². The number of rotatable bonds is 6. The van der Waals surface area contributed by atoms with Gasteiger partial charge in [0.05, 0.1) is 12.8 Å². The lowest BCUT2D eigenvalue weighted by atomic mass is 10.1. The van der Waals surface area contributed by atoms with Crippen molar-refractivity contribution in [3.63, 3.8) is 0 Å². The molecule has 1 atom stereocenters. The van der Waals surface area contributed by atoms with E-state index < -0.39 is 10.8 Å². The third kappa shape index (κ3) is 4.54. The molecule has 2 amide bonds. The highest BCUT2D eigenvalue weighted by Gasteiger charge is 2.24. The topological polar surface area (TPSA) is 75.7 Å². The van der Waals surface area contributed by atoms with Crippen molar-refractivity contribution in [1.29, 1.82) is 0 Å². The Balaban J connectivity index is 1.78. The molecule has 27 heavy (non-hydrogen) atoms. The van der Waals surface area contributed by atoms with Gasteiger partial charge in [0.2, 0.25) is 5.91 Å². The number of nitrogens with one attached hydrogen (secondary N) is 1. The summed E-state index contributed by atoms with van der Waals surface area (Å²) in [7, 11) is 0.573. The molecule has 1 N–H and O–H groups in total. The van der Waals surface area contributed by atoms with Crippen LogP contribution in [0.1, 0.15) is 28.8 Å². The molecule has 0 spiro atoms. The average molecular weight is 386 g/mol. The Morgan fingerprint density at radius 1 is 1.26 bits per heavy atom. The number of amides is 2. The van der Waals surface area contributed by atoms with Crippen molar-refractivity contribution in [1.82, 2.24) is 0 Å². The molecule has 1 aliphatic heterocycles.